The molecule has 0 fully saturated rings. The molecule has 4 nitrogen and oxygen atoms in total. The smallest absolute Gasteiger partial charge is 0.0918 e. The van der Waals surface area contributed by atoms with Gasteiger partial charge in [0.05, 0.1) is 17.4 Å². The van der Waals surface area contributed by atoms with Crippen LogP contribution in [0.1, 0.15) is 0 Å². The maximum atomic E-state index is 5.44. The zero-order valence-corrected chi connectivity index (χ0v) is 9.42. The first kappa shape index (κ1) is 10.3. The molecule has 0 aliphatic heterocycles. The van der Waals surface area contributed by atoms with Gasteiger partial charge < -0.3 is 10.5 Å². The lowest BCUT2D eigenvalue weighted by atomic mass is 10.2. The van der Waals surface area contributed by atoms with Crippen molar-refractivity contribution in [3.63, 3.8) is 0 Å². The third kappa shape index (κ3) is 2.08. The zero-order valence-electron chi connectivity index (χ0n) is 8.60. The minimum atomic E-state index is 0.680. The molecule has 1 aromatic carbocycles. The fraction of sp³-hybridized carbons (Fsp3) is 0.300. The first-order chi connectivity index (χ1) is 7.33. The number of nitrogens with zero attached hydrogens (tertiary/aromatic N) is 2. The van der Waals surface area contributed by atoms with Crippen LogP contribution in [0, 0.1) is 0 Å². The van der Waals surface area contributed by atoms with Crippen LogP contribution in [0.5, 0.6) is 0 Å². The Labute approximate surface area is 93.0 Å². The Morgan fingerprint density at radius 3 is 3.20 bits per heavy atom. The molecule has 15 heavy (non-hydrogen) atoms. The molecule has 0 saturated heterocycles. The third-order valence-electron chi connectivity index (χ3n) is 2.16. The van der Waals surface area contributed by atoms with Gasteiger partial charge in [0.2, 0.25) is 0 Å². The van der Waals surface area contributed by atoms with E-state index in [9.17, 15) is 0 Å². The molecule has 80 valence electrons. The van der Waals surface area contributed by atoms with Gasteiger partial charge in [0.25, 0.3) is 0 Å². The Kier molecular flexibility index (Phi) is 3.13. The van der Waals surface area contributed by atoms with Crippen molar-refractivity contribution in [3.05, 3.63) is 24.4 Å². The van der Waals surface area contributed by atoms with Crippen molar-refractivity contribution in [3.8, 4) is 0 Å². The number of para-hydroxylation sites is 1. The Balaban J connectivity index is 2.29. The molecule has 0 aliphatic carbocycles. The van der Waals surface area contributed by atoms with Crippen molar-refractivity contribution in [1.29, 1.82) is 0 Å². The van der Waals surface area contributed by atoms with Crippen LogP contribution >= 0.6 is 11.9 Å². The average Bonchev–Trinajstić information content (AvgIpc) is 2.62. The number of benzene rings is 1. The molecule has 5 heteroatoms. The minimum absolute atomic E-state index is 0.680. The van der Waals surface area contributed by atoms with Crippen LogP contribution in [0.25, 0.3) is 10.9 Å². The summed E-state index contributed by atoms with van der Waals surface area (Å²) in [6.07, 6.45) is 1.87. The fourth-order valence-electron chi connectivity index (χ4n) is 1.50. The lowest BCUT2D eigenvalue weighted by Gasteiger charge is -2.06. The predicted molar refractivity (Wildman–Crippen MR) is 65.8 cm³/mol. The Morgan fingerprint density at radius 1 is 1.53 bits per heavy atom. The molecule has 0 unspecified atom stereocenters. The van der Waals surface area contributed by atoms with Crippen molar-refractivity contribution in [2.75, 3.05) is 17.0 Å². The van der Waals surface area contributed by atoms with Crippen LogP contribution in [0.4, 0.5) is 5.69 Å². The number of fused-ring (bicyclic) bond motifs is 1. The quantitative estimate of drug-likeness (QED) is 0.609. The van der Waals surface area contributed by atoms with Gasteiger partial charge in [-0.3, -0.25) is 4.68 Å². The number of hydrogen-bond acceptors (Lipinski definition) is 4. The molecule has 1 aromatic heterocycles. The van der Waals surface area contributed by atoms with Crippen molar-refractivity contribution in [2.24, 2.45) is 12.8 Å². The van der Waals surface area contributed by atoms with E-state index in [4.69, 9.17) is 5.73 Å². The van der Waals surface area contributed by atoms with Crippen LogP contribution in [0.15, 0.2) is 24.4 Å². The van der Waals surface area contributed by atoms with E-state index in [1.165, 1.54) is 0 Å². The SMILES string of the molecule is Cn1ncc2cccc(NSCCN)c21. The molecular weight excluding hydrogens is 208 g/mol. The van der Waals surface area contributed by atoms with E-state index in [0.717, 1.165) is 22.3 Å². The summed E-state index contributed by atoms with van der Waals surface area (Å²) in [5, 5.41) is 5.38. The highest BCUT2D eigenvalue weighted by atomic mass is 32.2. The Bertz CT molecular complexity index is 452. The number of aromatic nitrogens is 2. The van der Waals surface area contributed by atoms with Crippen LogP contribution in [-0.2, 0) is 7.05 Å². The number of nitrogens with two attached hydrogens (primary N) is 1. The first-order valence-corrected chi connectivity index (χ1v) is 5.80. The summed E-state index contributed by atoms with van der Waals surface area (Å²) in [7, 11) is 1.95. The van der Waals surface area contributed by atoms with E-state index in [-0.39, 0.29) is 0 Å². The second-order valence-corrected chi connectivity index (χ2v) is 4.15. The highest BCUT2D eigenvalue weighted by Gasteiger charge is 2.04. The van der Waals surface area contributed by atoms with Gasteiger partial charge in [-0.2, -0.15) is 5.10 Å². The first-order valence-electron chi connectivity index (χ1n) is 4.81. The van der Waals surface area contributed by atoms with E-state index in [1.54, 1.807) is 11.9 Å². The molecule has 0 atom stereocenters. The van der Waals surface area contributed by atoms with Gasteiger partial charge in [0, 0.05) is 24.7 Å². The Hall–Kier alpha value is -1.20. The summed E-state index contributed by atoms with van der Waals surface area (Å²) in [6, 6.07) is 6.13. The maximum Gasteiger partial charge on any atom is 0.0918 e. The van der Waals surface area contributed by atoms with Gasteiger partial charge in [0.1, 0.15) is 0 Å². The van der Waals surface area contributed by atoms with Gasteiger partial charge in [0.15, 0.2) is 0 Å². The molecule has 0 spiro atoms. The van der Waals surface area contributed by atoms with Crippen LogP contribution < -0.4 is 10.5 Å². The number of hydrogen-bond donors (Lipinski definition) is 2. The number of rotatable bonds is 4. The molecule has 0 bridgehead atoms. The van der Waals surface area contributed by atoms with E-state index < -0.39 is 0 Å². The molecule has 0 radical (unpaired) electrons. The van der Waals surface area contributed by atoms with Crippen molar-refractivity contribution >= 4 is 28.5 Å². The standard InChI is InChI=1S/C10H14N4S/c1-14-10-8(7-12-14)3-2-4-9(10)13-15-6-5-11/h2-4,7,13H,5-6,11H2,1H3. The summed E-state index contributed by atoms with van der Waals surface area (Å²) in [5.74, 6) is 0.897. The van der Waals surface area contributed by atoms with Gasteiger partial charge in [-0.15, -0.1) is 0 Å². The minimum Gasteiger partial charge on any atom is -0.330 e. The molecule has 2 rings (SSSR count). The summed E-state index contributed by atoms with van der Waals surface area (Å²) in [6.45, 7) is 0.680. The predicted octanol–water partition coefficient (Wildman–Crippen LogP) is 1.59. The summed E-state index contributed by atoms with van der Waals surface area (Å²) < 4.78 is 5.17. The fourth-order valence-corrected chi connectivity index (χ4v) is 2.04. The van der Waals surface area contributed by atoms with Crippen molar-refractivity contribution in [2.45, 2.75) is 0 Å². The van der Waals surface area contributed by atoms with Crippen molar-refractivity contribution < 1.29 is 0 Å². The summed E-state index contributed by atoms with van der Waals surface area (Å²) in [4.78, 5) is 0. The van der Waals surface area contributed by atoms with E-state index in [0.29, 0.717) is 6.54 Å². The van der Waals surface area contributed by atoms with E-state index in [1.807, 2.05) is 30.1 Å². The normalized spacial score (nSPS) is 10.8. The third-order valence-corrected chi connectivity index (χ3v) is 2.97. The Morgan fingerprint density at radius 2 is 2.40 bits per heavy atom. The highest BCUT2D eigenvalue weighted by molar-refractivity contribution is 8.00. The van der Waals surface area contributed by atoms with Crippen LogP contribution in [-0.4, -0.2) is 22.1 Å². The van der Waals surface area contributed by atoms with Crippen molar-refractivity contribution in [1.82, 2.24) is 9.78 Å². The van der Waals surface area contributed by atoms with Gasteiger partial charge in [-0.1, -0.05) is 24.1 Å². The second-order valence-electron chi connectivity index (χ2n) is 3.25. The largest absolute Gasteiger partial charge is 0.330 e. The highest BCUT2D eigenvalue weighted by Crippen LogP contribution is 2.24. The maximum absolute atomic E-state index is 5.44. The number of nitrogens with one attached hydrogen (secondary N) is 1. The molecule has 1 heterocycles. The van der Waals surface area contributed by atoms with Crippen LogP contribution in [0.3, 0.4) is 0 Å². The number of anilines is 1. The lowest BCUT2D eigenvalue weighted by molar-refractivity contribution is 0.798. The topological polar surface area (TPSA) is 55.9 Å². The molecule has 0 saturated carbocycles. The van der Waals surface area contributed by atoms with E-state index in [2.05, 4.69) is 15.9 Å². The van der Waals surface area contributed by atoms with Gasteiger partial charge >= 0.3 is 0 Å². The monoisotopic (exact) mass is 222 g/mol. The van der Waals surface area contributed by atoms with Gasteiger partial charge in [-0.05, 0) is 6.07 Å². The molecule has 3 N–H and O–H groups in total. The molecule has 2 aromatic rings. The van der Waals surface area contributed by atoms with Gasteiger partial charge in [-0.25, -0.2) is 0 Å². The second kappa shape index (κ2) is 4.55. The van der Waals surface area contributed by atoms with E-state index >= 15 is 0 Å². The summed E-state index contributed by atoms with van der Waals surface area (Å²) in [5.41, 5.74) is 7.65. The lowest BCUT2D eigenvalue weighted by Crippen LogP contribution is -2.04. The number of aryl methyl sites for hydroxylation is 1. The molecule has 0 aliphatic rings. The zero-order chi connectivity index (χ0) is 10.7. The summed E-state index contributed by atoms with van der Waals surface area (Å²) >= 11 is 1.62. The van der Waals surface area contributed by atoms with Crippen LogP contribution in [0.2, 0.25) is 0 Å². The average molecular weight is 222 g/mol. The molecule has 0 amide bonds. The molecular formula is C10H14N4S.